The van der Waals surface area contributed by atoms with Gasteiger partial charge in [0.15, 0.2) is 0 Å². The van der Waals surface area contributed by atoms with E-state index in [9.17, 15) is 4.79 Å². The summed E-state index contributed by atoms with van der Waals surface area (Å²) in [4.78, 5) is 11.4. The number of urea groups is 1. The summed E-state index contributed by atoms with van der Waals surface area (Å²) in [5.41, 5.74) is 2.35. The van der Waals surface area contributed by atoms with Crippen molar-refractivity contribution in [3.63, 3.8) is 0 Å². The molecule has 0 aromatic heterocycles. The van der Waals surface area contributed by atoms with Crippen LogP contribution in [0.15, 0.2) is 24.3 Å². The Balaban J connectivity index is 2.34. The molecule has 0 saturated carbocycles. The van der Waals surface area contributed by atoms with Gasteiger partial charge >= 0.3 is 6.03 Å². The molecule has 0 heterocycles. The Morgan fingerprint density at radius 2 is 1.94 bits per heavy atom. The van der Waals surface area contributed by atoms with Gasteiger partial charge in [0.05, 0.1) is 0 Å². The van der Waals surface area contributed by atoms with Gasteiger partial charge in [0.1, 0.15) is 0 Å². The summed E-state index contributed by atoms with van der Waals surface area (Å²) >= 11 is 0. The number of hydrogen-bond donors (Lipinski definition) is 2. The molecule has 3 heteroatoms. The molecule has 0 aliphatic carbocycles. The number of carbonyl (C=O) groups excluding carboxylic acids is 1. The number of rotatable bonds is 4. The smallest absolute Gasteiger partial charge is 0.315 e. The maximum Gasteiger partial charge on any atom is 0.315 e. The first kappa shape index (κ1) is 12.6. The van der Waals surface area contributed by atoms with E-state index in [-0.39, 0.29) is 12.1 Å². The van der Waals surface area contributed by atoms with Gasteiger partial charge in [0.25, 0.3) is 0 Å². The lowest BCUT2D eigenvalue weighted by Gasteiger charge is -2.12. The lowest BCUT2D eigenvalue weighted by atomic mass is 10.1. The van der Waals surface area contributed by atoms with Gasteiger partial charge in [-0.05, 0) is 25.8 Å². The molecule has 0 aliphatic rings. The quantitative estimate of drug-likeness (QED) is 0.804. The molecule has 1 atom stereocenters. The van der Waals surface area contributed by atoms with Crippen molar-refractivity contribution in [2.45, 2.75) is 39.8 Å². The van der Waals surface area contributed by atoms with Gasteiger partial charge in [0.2, 0.25) is 0 Å². The normalized spacial score (nSPS) is 11.9. The molecule has 2 amide bonds. The minimum absolute atomic E-state index is 0.102. The van der Waals surface area contributed by atoms with Crippen LogP contribution in [0.2, 0.25) is 0 Å². The van der Waals surface area contributed by atoms with E-state index in [1.807, 2.05) is 45.0 Å². The fourth-order valence-corrected chi connectivity index (χ4v) is 1.27. The molecule has 1 aromatic rings. The Labute approximate surface area is 97.2 Å². The van der Waals surface area contributed by atoms with E-state index < -0.39 is 0 Å². The van der Waals surface area contributed by atoms with Crippen LogP contribution in [0.3, 0.4) is 0 Å². The van der Waals surface area contributed by atoms with Crippen LogP contribution in [-0.4, -0.2) is 12.1 Å². The molecule has 1 aromatic carbocycles. The molecule has 0 unspecified atom stereocenters. The van der Waals surface area contributed by atoms with Gasteiger partial charge in [-0.1, -0.05) is 36.8 Å². The first-order chi connectivity index (χ1) is 7.61. The van der Waals surface area contributed by atoms with E-state index in [0.717, 1.165) is 12.0 Å². The molecular weight excluding hydrogens is 200 g/mol. The van der Waals surface area contributed by atoms with Crippen molar-refractivity contribution in [1.82, 2.24) is 10.6 Å². The van der Waals surface area contributed by atoms with Crippen LogP contribution in [0.4, 0.5) is 4.79 Å². The number of aryl methyl sites for hydroxylation is 1. The van der Waals surface area contributed by atoms with Crippen molar-refractivity contribution in [2.75, 3.05) is 0 Å². The Kier molecular flexibility index (Phi) is 4.83. The van der Waals surface area contributed by atoms with Crippen LogP contribution in [0.1, 0.15) is 31.4 Å². The van der Waals surface area contributed by atoms with Crippen molar-refractivity contribution in [3.8, 4) is 0 Å². The third-order valence-electron chi connectivity index (χ3n) is 2.56. The van der Waals surface area contributed by atoms with Gasteiger partial charge < -0.3 is 10.6 Å². The highest BCUT2D eigenvalue weighted by Crippen LogP contribution is 2.02. The molecule has 0 bridgehead atoms. The highest BCUT2D eigenvalue weighted by molar-refractivity contribution is 5.74. The number of hydrogen-bond acceptors (Lipinski definition) is 1. The molecule has 0 radical (unpaired) electrons. The topological polar surface area (TPSA) is 41.1 Å². The summed E-state index contributed by atoms with van der Waals surface area (Å²) in [6.07, 6.45) is 0.942. The van der Waals surface area contributed by atoms with Gasteiger partial charge in [-0.25, -0.2) is 4.79 Å². The molecule has 2 N–H and O–H groups in total. The van der Waals surface area contributed by atoms with E-state index >= 15 is 0 Å². The third-order valence-corrected chi connectivity index (χ3v) is 2.56. The fraction of sp³-hybridized carbons (Fsp3) is 0.462. The highest BCUT2D eigenvalue weighted by atomic mass is 16.2. The Morgan fingerprint density at radius 1 is 1.31 bits per heavy atom. The van der Waals surface area contributed by atoms with Crippen LogP contribution >= 0.6 is 0 Å². The average molecular weight is 220 g/mol. The molecule has 0 spiro atoms. The largest absolute Gasteiger partial charge is 0.336 e. The van der Waals surface area contributed by atoms with E-state index in [2.05, 4.69) is 10.6 Å². The molecule has 16 heavy (non-hydrogen) atoms. The first-order valence-electron chi connectivity index (χ1n) is 5.71. The summed E-state index contributed by atoms with van der Waals surface area (Å²) in [7, 11) is 0. The van der Waals surface area contributed by atoms with Crippen molar-refractivity contribution in [3.05, 3.63) is 35.4 Å². The lowest BCUT2D eigenvalue weighted by Crippen LogP contribution is -2.40. The van der Waals surface area contributed by atoms with Crippen LogP contribution in [0, 0.1) is 6.92 Å². The number of amides is 2. The lowest BCUT2D eigenvalue weighted by molar-refractivity contribution is 0.237. The van der Waals surface area contributed by atoms with Crippen LogP contribution in [0.25, 0.3) is 0 Å². The Hall–Kier alpha value is -1.51. The number of benzene rings is 1. The second-order valence-electron chi connectivity index (χ2n) is 4.12. The van der Waals surface area contributed by atoms with Gasteiger partial charge in [-0.3, -0.25) is 0 Å². The average Bonchev–Trinajstić information content (AvgIpc) is 2.28. The molecule has 0 saturated heterocycles. The number of carbonyl (C=O) groups is 1. The third kappa shape index (κ3) is 4.34. The minimum Gasteiger partial charge on any atom is -0.336 e. The van der Waals surface area contributed by atoms with Crippen LogP contribution in [0.5, 0.6) is 0 Å². The molecule has 88 valence electrons. The predicted molar refractivity (Wildman–Crippen MR) is 66.3 cm³/mol. The fourth-order valence-electron chi connectivity index (χ4n) is 1.27. The standard InChI is InChI=1S/C13H20N2O/c1-4-11(3)15-13(16)14-9-12-7-5-10(2)6-8-12/h5-8,11H,4,9H2,1-3H3,(H2,14,15,16)/t11-/m0/s1. The van der Waals surface area contributed by atoms with E-state index in [4.69, 9.17) is 0 Å². The zero-order chi connectivity index (χ0) is 12.0. The van der Waals surface area contributed by atoms with Gasteiger partial charge in [0, 0.05) is 12.6 Å². The van der Waals surface area contributed by atoms with E-state index in [0.29, 0.717) is 6.54 Å². The Bertz CT molecular complexity index is 332. The van der Waals surface area contributed by atoms with Crippen molar-refractivity contribution >= 4 is 6.03 Å². The maximum absolute atomic E-state index is 11.4. The first-order valence-corrected chi connectivity index (χ1v) is 5.71. The number of nitrogens with one attached hydrogen (secondary N) is 2. The second-order valence-corrected chi connectivity index (χ2v) is 4.12. The maximum atomic E-state index is 11.4. The zero-order valence-electron chi connectivity index (χ0n) is 10.2. The summed E-state index contributed by atoms with van der Waals surface area (Å²) in [6, 6.07) is 8.26. The monoisotopic (exact) mass is 220 g/mol. The Morgan fingerprint density at radius 3 is 2.50 bits per heavy atom. The minimum atomic E-state index is -0.102. The van der Waals surface area contributed by atoms with E-state index in [1.165, 1.54) is 5.56 Å². The van der Waals surface area contributed by atoms with Gasteiger partial charge in [-0.2, -0.15) is 0 Å². The second kappa shape index (κ2) is 6.16. The summed E-state index contributed by atoms with van der Waals surface area (Å²) in [5, 5.41) is 5.69. The summed E-state index contributed by atoms with van der Waals surface area (Å²) < 4.78 is 0. The van der Waals surface area contributed by atoms with Crippen LogP contribution in [-0.2, 0) is 6.54 Å². The summed E-state index contributed by atoms with van der Waals surface area (Å²) in [6.45, 7) is 6.66. The molecule has 0 fully saturated rings. The predicted octanol–water partition coefficient (Wildman–Crippen LogP) is 2.59. The van der Waals surface area contributed by atoms with Crippen molar-refractivity contribution < 1.29 is 4.79 Å². The van der Waals surface area contributed by atoms with E-state index in [1.54, 1.807) is 0 Å². The summed E-state index contributed by atoms with van der Waals surface area (Å²) in [5.74, 6) is 0. The molecular formula is C13H20N2O. The van der Waals surface area contributed by atoms with Crippen molar-refractivity contribution in [1.29, 1.82) is 0 Å². The SMILES string of the molecule is CC[C@H](C)NC(=O)NCc1ccc(C)cc1. The molecule has 0 aliphatic heterocycles. The van der Waals surface area contributed by atoms with Crippen molar-refractivity contribution in [2.24, 2.45) is 0 Å². The molecule has 1 rings (SSSR count). The zero-order valence-corrected chi connectivity index (χ0v) is 10.2. The molecule has 3 nitrogen and oxygen atoms in total. The van der Waals surface area contributed by atoms with Crippen LogP contribution < -0.4 is 10.6 Å². The van der Waals surface area contributed by atoms with Gasteiger partial charge in [-0.15, -0.1) is 0 Å². The highest BCUT2D eigenvalue weighted by Gasteiger charge is 2.03.